The van der Waals surface area contributed by atoms with Gasteiger partial charge in [-0.05, 0) is 42.7 Å². The van der Waals surface area contributed by atoms with Gasteiger partial charge in [-0.3, -0.25) is 19.3 Å². The molecule has 0 radical (unpaired) electrons. The molecule has 3 amide bonds. The van der Waals surface area contributed by atoms with Gasteiger partial charge in [0.25, 0.3) is 11.8 Å². The van der Waals surface area contributed by atoms with Gasteiger partial charge < -0.3 is 10.1 Å². The van der Waals surface area contributed by atoms with E-state index in [0.717, 1.165) is 62.7 Å². The Morgan fingerprint density at radius 1 is 0.788 bits per heavy atom. The Morgan fingerprint density at radius 3 is 1.91 bits per heavy atom. The van der Waals surface area contributed by atoms with Gasteiger partial charge in [-0.1, -0.05) is 62.8 Å². The van der Waals surface area contributed by atoms with Crippen LogP contribution in [0.5, 0.6) is 5.75 Å². The first kappa shape index (κ1) is 24.5. The first-order valence-electron chi connectivity index (χ1n) is 11.9. The highest BCUT2D eigenvalue weighted by molar-refractivity contribution is 6.21. The Labute approximate surface area is 196 Å². The molecule has 33 heavy (non-hydrogen) atoms. The Bertz CT molecular complexity index is 904. The number of carbonyl (C=O) groups is 3. The average molecular weight is 451 g/mol. The minimum atomic E-state index is -0.163. The third kappa shape index (κ3) is 7.17. The highest BCUT2D eigenvalue weighted by Crippen LogP contribution is 2.23. The van der Waals surface area contributed by atoms with Crippen LogP contribution in [0.15, 0.2) is 48.5 Å². The second kappa shape index (κ2) is 12.8. The lowest BCUT2D eigenvalue weighted by atomic mass is 10.1. The molecule has 1 heterocycles. The third-order valence-corrected chi connectivity index (χ3v) is 6.06. The summed E-state index contributed by atoms with van der Waals surface area (Å²) < 4.78 is 5.13. The number of rotatable bonds is 14. The van der Waals surface area contributed by atoms with Crippen molar-refractivity contribution >= 4 is 17.7 Å². The lowest BCUT2D eigenvalue weighted by molar-refractivity contribution is -0.121. The maximum Gasteiger partial charge on any atom is 0.261 e. The Morgan fingerprint density at radius 2 is 1.33 bits per heavy atom. The van der Waals surface area contributed by atoms with Crippen molar-refractivity contribution in [2.75, 3.05) is 13.7 Å². The fourth-order valence-corrected chi connectivity index (χ4v) is 4.09. The van der Waals surface area contributed by atoms with Crippen molar-refractivity contribution in [1.82, 2.24) is 10.2 Å². The zero-order valence-corrected chi connectivity index (χ0v) is 19.5. The normalized spacial score (nSPS) is 12.7. The number of imide groups is 1. The molecule has 3 rings (SSSR count). The number of ether oxygens (including phenoxy) is 1. The number of nitrogens with one attached hydrogen (secondary N) is 1. The van der Waals surface area contributed by atoms with Crippen molar-refractivity contribution in [3.8, 4) is 5.75 Å². The van der Waals surface area contributed by atoms with Gasteiger partial charge >= 0.3 is 0 Å². The third-order valence-electron chi connectivity index (χ3n) is 6.06. The van der Waals surface area contributed by atoms with E-state index in [0.29, 0.717) is 30.6 Å². The van der Waals surface area contributed by atoms with E-state index in [4.69, 9.17) is 4.74 Å². The molecule has 6 nitrogen and oxygen atoms in total. The second-order valence-corrected chi connectivity index (χ2v) is 8.51. The molecule has 176 valence electrons. The summed E-state index contributed by atoms with van der Waals surface area (Å²) in [6, 6.07) is 14.7. The highest BCUT2D eigenvalue weighted by Gasteiger charge is 2.34. The lowest BCUT2D eigenvalue weighted by Crippen LogP contribution is -2.30. The number of hydrogen-bond donors (Lipinski definition) is 1. The molecule has 1 N–H and O–H groups in total. The second-order valence-electron chi connectivity index (χ2n) is 8.51. The van der Waals surface area contributed by atoms with Crippen molar-refractivity contribution in [2.24, 2.45) is 0 Å². The fraction of sp³-hybridized carbons (Fsp3) is 0.444. The Kier molecular flexibility index (Phi) is 9.48. The van der Waals surface area contributed by atoms with Crippen LogP contribution in [-0.4, -0.2) is 36.3 Å². The van der Waals surface area contributed by atoms with Crippen molar-refractivity contribution < 1.29 is 19.1 Å². The Balaban J connectivity index is 1.16. The van der Waals surface area contributed by atoms with Crippen molar-refractivity contribution in [3.63, 3.8) is 0 Å². The summed E-state index contributed by atoms with van der Waals surface area (Å²) in [6.45, 7) is 1.04. The van der Waals surface area contributed by atoms with Crippen LogP contribution in [-0.2, 0) is 11.3 Å². The van der Waals surface area contributed by atoms with E-state index in [1.165, 1.54) is 4.90 Å². The van der Waals surface area contributed by atoms with E-state index in [-0.39, 0.29) is 17.7 Å². The van der Waals surface area contributed by atoms with Gasteiger partial charge in [0.2, 0.25) is 5.91 Å². The molecule has 0 aromatic heterocycles. The van der Waals surface area contributed by atoms with E-state index in [1.807, 2.05) is 24.3 Å². The number of carbonyl (C=O) groups excluding carboxylic acids is 3. The fourth-order valence-electron chi connectivity index (χ4n) is 4.09. The monoisotopic (exact) mass is 450 g/mol. The number of methoxy groups -OCH3 is 1. The van der Waals surface area contributed by atoms with Crippen LogP contribution in [0.25, 0.3) is 0 Å². The minimum Gasteiger partial charge on any atom is -0.497 e. The number of unbranched alkanes of at least 4 members (excludes halogenated alkanes) is 7. The molecule has 0 unspecified atom stereocenters. The molecular formula is C27H34N2O4. The number of amides is 3. The van der Waals surface area contributed by atoms with Crippen molar-refractivity contribution in [3.05, 3.63) is 65.2 Å². The van der Waals surface area contributed by atoms with Gasteiger partial charge in [-0.15, -0.1) is 0 Å². The van der Waals surface area contributed by atoms with Crippen LogP contribution in [0.3, 0.4) is 0 Å². The predicted octanol–water partition coefficient (Wildman–Crippen LogP) is 5.12. The van der Waals surface area contributed by atoms with E-state index in [2.05, 4.69) is 5.32 Å². The summed E-state index contributed by atoms with van der Waals surface area (Å²) in [5, 5.41) is 2.97. The van der Waals surface area contributed by atoms with Gasteiger partial charge in [0.1, 0.15) is 5.75 Å². The molecule has 6 heteroatoms. The first-order valence-corrected chi connectivity index (χ1v) is 11.9. The van der Waals surface area contributed by atoms with Crippen LogP contribution in [0.4, 0.5) is 0 Å². The number of fused-ring (bicyclic) bond motifs is 1. The van der Waals surface area contributed by atoms with Crippen LogP contribution in [0.2, 0.25) is 0 Å². The molecular weight excluding hydrogens is 416 g/mol. The van der Waals surface area contributed by atoms with Crippen molar-refractivity contribution in [1.29, 1.82) is 0 Å². The molecule has 0 aliphatic carbocycles. The maximum absolute atomic E-state index is 12.3. The predicted molar refractivity (Wildman–Crippen MR) is 128 cm³/mol. The van der Waals surface area contributed by atoms with Gasteiger partial charge in [0.15, 0.2) is 0 Å². The zero-order chi connectivity index (χ0) is 23.5. The molecule has 0 saturated heterocycles. The largest absolute Gasteiger partial charge is 0.497 e. The molecule has 0 saturated carbocycles. The summed E-state index contributed by atoms with van der Waals surface area (Å²) in [7, 11) is 1.64. The van der Waals surface area contributed by atoms with Crippen LogP contribution in [0.1, 0.15) is 84.1 Å². The molecule has 1 aliphatic rings. The molecule has 0 atom stereocenters. The quantitative estimate of drug-likeness (QED) is 0.320. The number of hydrogen-bond acceptors (Lipinski definition) is 4. The van der Waals surface area contributed by atoms with Crippen LogP contribution < -0.4 is 10.1 Å². The van der Waals surface area contributed by atoms with E-state index < -0.39 is 0 Å². The number of nitrogens with zero attached hydrogens (tertiary/aromatic N) is 1. The highest BCUT2D eigenvalue weighted by atomic mass is 16.5. The molecule has 0 bridgehead atoms. The van der Waals surface area contributed by atoms with Crippen molar-refractivity contribution in [2.45, 2.75) is 64.3 Å². The summed E-state index contributed by atoms with van der Waals surface area (Å²) in [5.74, 6) is 0.582. The van der Waals surface area contributed by atoms with Crippen LogP contribution in [0, 0.1) is 0 Å². The molecule has 1 aliphatic heterocycles. The summed E-state index contributed by atoms with van der Waals surface area (Å²) in [5.41, 5.74) is 2.11. The maximum atomic E-state index is 12.3. The first-order chi connectivity index (χ1) is 16.1. The van der Waals surface area contributed by atoms with E-state index in [9.17, 15) is 14.4 Å². The van der Waals surface area contributed by atoms with Gasteiger partial charge in [0, 0.05) is 19.5 Å². The van der Waals surface area contributed by atoms with E-state index >= 15 is 0 Å². The lowest BCUT2D eigenvalue weighted by Gasteiger charge is -2.13. The van der Waals surface area contributed by atoms with Crippen LogP contribution >= 0.6 is 0 Å². The summed E-state index contributed by atoms with van der Waals surface area (Å²) >= 11 is 0. The van der Waals surface area contributed by atoms with Gasteiger partial charge in [0.05, 0.1) is 18.2 Å². The summed E-state index contributed by atoms with van der Waals surface area (Å²) in [4.78, 5) is 38.0. The molecule has 2 aromatic rings. The molecule has 2 aromatic carbocycles. The SMILES string of the molecule is COc1ccc(CNC(=O)CCCCCCCCCCN2C(=O)c3ccccc3C2=O)cc1. The zero-order valence-electron chi connectivity index (χ0n) is 19.5. The standard InChI is InChI=1S/C27H34N2O4/c1-33-22-17-15-21(16-18-22)20-28-25(30)14-8-6-4-2-3-5-7-11-19-29-26(31)23-12-9-10-13-24(23)27(29)32/h9-10,12-13,15-18H,2-8,11,14,19-20H2,1H3,(H,28,30). The van der Waals surface area contributed by atoms with Gasteiger partial charge in [-0.2, -0.15) is 0 Å². The topological polar surface area (TPSA) is 75.7 Å². The molecule has 0 spiro atoms. The smallest absolute Gasteiger partial charge is 0.261 e. The van der Waals surface area contributed by atoms with Gasteiger partial charge in [-0.25, -0.2) is 0 Å². The minimum absolute atomic E-state index is 0.0963. The summed E-state index contributed by atoms with van der Waals surface area (Å²) in [6.07, 6.45) is 8.93. The molecule has 0 fully saturated rings. The number of benzene rings is 2. The average Bonchev–Trinajstić information content (AvgIpc) is 3.09. The Hall–Kier alpha value is -3.15. The van der Waals surface area contributed by atoms with E-state index in [1.54, 1.807) is 31.4 Å².